The molecule has 1 heterocycles. The predicted octanol–water partition coefficient (Wildman–Crippen LogP) is 0.694. The van der Waals surface area contributed by atoms with E-state index >= 15 is 0 Å². The van der Waals surface area contributed by atoms with Crippen LogP contribution in [0.4, 0.5) is 0 Å². The van der Waals surface area contributed by atoms with Crippen LogP contribution in [0, 0.1) is 12.3 Å². The molecule has 1 aliphatic rings. The van der Waals surface area contributed by atoms with E-state index < -0.39 is 0 Å². The first-order chi connectivity index (χ1) is 5.83. The number of piperazine rings is 1. The summed E-state index contributed by atoms with van der Waals surface area (Å²) in [7, 11) is 0. The topological polar surface area (TPSA) is 15.3 Å². The lowest BCUT2D eigenvalue weighted by atomic mass is 10.2. The third kappa shape index (κ3) is 3.25. The maximum Gasteiger partial charge on any atom is 0.0167 e. The van der Waals surface area contributed by atoms with E-state index in [2.05, 4.69) is 23.1 Å². The number of nitrogens with one attached hydrogen (secondary N) is 1. The largest absolute Gasteiger partial charge is 0.312 e. The molecule has 1 N–H and O–H groups in total. The maximum absolute atomic E-state index is 5.19. The number of rotatable bonds is 3. The minimum Gasteiger partial charge on any atom is -0.312 e. The third-order valence-corrected chi connectivity index (χ3v) is 2.25. The molecule has 0 spiro atoms. The van der Waals surface area contributed by atoms with Crippen LogP contribution in [0.5, 0.6) is 0 Å². The van der Waals surface area contributed by atoms with Gasteiger partial charge < -0.3 is 10.2 Å². The Bertz CT molecular complexity index is 160. The average molecular weight is 166 g/mol. The smallest absolute Gasteiger partial charge is 0.0167 e. The molecule has 0 aromatic carbocycles. The van der Waals surface area contributed by atoms with Crippen molar-refractivity contribution < 1.29 is 0 Å². The van der Waals surface area contributed by atoms with E-state index in [-0.39, 0.29) is 0 Å². The molecule has 68 valence electrons. The Balaban J connectivity index is 2.11. The van der Waals surface area contributed by atoms with Gasteiger partial charge in [-0.1, -0.05) is 0 Å². The number of terminal acetylenes is 1. The molecule has 1 fully saturated rings. The fraction of sp³-hybridized carbons (Fsp3) is 0.800. The molecule has 2 heteroatoms. The second-order valence-corrected chi connectivity index (χ2v) is 3.46. The van der Waals surface area contributed by atoms with E-state index in [1.807, 2.05) is 0 Å². The quantitative estimate of drug-likeness (QED) is 0.490. The summed E-state index contributed by atoms with van der Waals surface area (Å²) in [6, 6.07) is 0.643. The van der Waals surface area contributed by atoms with Crippen LogP contribution in [-0.4, -0.2) is 37.1 Å². The molecule has 1 aliphatic heterocycles. The molecule has 0 aliphatic carbocycles. The minimum atomic E-state index is 0.643. The van der Waals surface area contributed by atoms with E-state index in [0.717, 1.165) is 25.9 Å². The van der Waals surface area contributed by atoms with E-state index in [4.69, 9.17) is 6.42 Å². The summed E-state index contributed by atoms with van der Waals surface area (Å²) in [4.78, 5) is 2.48. The Labute approximate surface area is 75.3 Å². The molecule has 12 heavy (non-hydrogen) atoms. The van der Waals surface area contributed by atoms with Crippen molar-refractivity contribution in [3.63, 3.8) is 0 Å². The summed E-state index contributed by atoms with van der Waals surface area (Å²) in [6.07, 6.45) is 7.25. The van der Waals surface area contributed by atoms with Crippen molar-refractivity contribution in [3.05, 3.63) is 0 Å². The second kappa shape index (κ2) is 5.18. The number of hydrogen-bond acceptors (Lipinski definition) is 2. The summed E-state index contributed by atoms with van der Waals surface area (Å²) >= 11 is 0. The number of nitrogens with zero attached hydrogens (tertiary/aromatic N) is 1. The van der Waals surface area contributed by atoms with Crippen LogP contribution in [0.1, 0.15) is 19.8 Å². The highest BCUT2D eigenvalue weighted by Gasteiger charge is 2.13. The highest BCUT2D eigenvalue weighted by molar-refractivity contribution is 4.84. The van der Waals surface area contributed by atoms with Gasteiger partial charge in [-0.15, -0.1) is 12.3 Å². The normalized spacial score (nSPS) is 25.2. The first-order valence-corrected chi connectivity index (χ1v) is 4.72. The summed E-state index contributed by atoms with van der Waals surface area (Å²) in [6.45, 7) is 6.86. The Hall–Kier alpha value is -0.520. The van der Waals surface area contributed by atoms with Crippen LogP contribution < -0.4 is 5.32 Å². The molecule has 0 radical (unpaired) electrons. The van der Waals surface area contributed by atoms with Crippen molar-refractivity contribution in [2.75, 3.05) is 26.2 Å². The lowest BCUT2D eigenvalue weighted by Gasteiger charge is -2.31. The molecule has 0 amide bonds. The van der Waals surface area contributed by atoms with E-state index in [9.17, 15) is 0 Å². The third-order valence-electron chi connectivity index (χ3n) is 2.25. The zero-order chi connectivity index (χ0) is 8.81. The van der Waals surface area contributed by atoms with Gasteiger partial charge in [0, 0.05) is 32.1 Å². The SMILES string of the molecule is C#CCCCN1CCN[C@@H](C)C1. The molecular weight excluding hydrogens is 148 g/mol. The molecule has 0 saturated carbocycles. The summed E-state index contributed by atoms with van der Waals surface area (Å²) < 4.78 is 0. The van der Waals surface area contributed by atoms with E-state index in [1.165, 1.54) is 13.1 Å². The molecule has 0 bridgehead atoms. The first-order valence-electron chi connectivity index (χ1n) is 4.72. The Morgan fingerprint density at radius 3 is 3.17 bits per heavy atom. The van der Waals surface area contributed by atoms with Crippen molar-refractivity contribution in [3.8, 4) is 12.3 Å². The van der Waals surface area contributed by atoms with Gasteiger partial charge in [0.05, 0.1) is 0 Å². The Kier molecular flexibility index (Phi) is 4.13. The second-order valence-electron chi connectivity index (χ2n) is 3.46. The highest BCUT2D eigenvalue weighted by atomic mass is 15.2. The van der Waals surface area contributed by atoms with Gasteiger partial charge in [-0.25, -0.2) is 0 Å². The van der Waals surface area contributed by atoms with Crippen LogP contribution in [0.15, 0.2) is 0 Å². The molecule has 0 aromatic heterocycles. The van der Waals surface area contributed by atoms with Gasteiger partial charge in [0.25, 0.3) is 0 Å². The van der Waals surface area contributed by atoms with Crippen molar-refractivity contribution in [1.29, 1.82) is 0 Å². The van der Waals surface area contributed by atoms with Crippen molar-refractivity contribution in [2.45, 2.75) is 25.8 Å². The Morgan fingerprint density at radius 2 is 2.50 bits per heavy atom. The van der Waals surface area contributed by atoms with E-state index in [0.29, 0.717) is 6.04 Å². The molecule has 0 unspecified atom stereocenters. The van der Waals surface area contributed by atoms with Crippen molar-refractivity contribution >= 4 is 0 Å². The maximum atomic E-state index is 5.19. The molecule has 1 atom stereocenters. The number of hydrogen-bond donors (Lipinski definition) is 1. The van der Waals surface area contributed by atoms with Crippen molar-refractivity contribution in [1.82, 2.24) is 10.2 Å². The minimum absolute atomic E-state index is 0.643. The molecule has 0 aromatic rings. The summed E-state index contributed by atoms with van der Waals surface area (Å²) in [5.41, 5.74) is 0. The number of unbranched alkanes of at least 4 members (excludes halogenated alkanes) is 1. The Morgan fingerprint density at radius 1 is 1.67 bits per heavy atom. The van der Waals surface area contributed by atoms with Crippen LogP contribution in [-0.2, 0) is 0 Å². The van der Waals surface area contributed by atoms with Gasteiger partial charge in [-0.05, 0) is 19.9 Å². The standard InChI is InChI=1S/C10H18N2/c1-3-4-5-7-12-8-6-11-10(2)9-12/h1,10-11H,4-9H2,2H3/t10-/m0/s1. The highest BCUT2D eigenvalue weighted by Crippen LogP contribution is 2.00. The van der Waals surface area contributed by atoms with Gasteiger partial charge in [0.1, 0.15) is 0 Å². The fourth-order valence-corrected chi connectivity index (χ4v) is 1.62. The zero-order valence-corrected chi connectivity index (χ0v) is 7.84. The van der Waals surface area contributed by atoms with Gasteiger partial charge in [0.2, 0.25) is 0 Å². The molecule has 1 saturated heterocycles. The van der Waals surface area contributed by atoms with Crippen LogP contribution in [0.25, 0.3) is 0 Å². The first kappa shape index (κ1) is 9.57. The molecular formula is C10H18N2. The van der Waals surface area contributed by atoms with Gasteiger partial charge in [0.15, 0.2) is 0 Å². The lowest BCUT2D eigenvalue weighted by molar-refractivity contribution is 0.206. The summed E-state index contributed by atoms with van der Waals surface area (Å²) in [5, 5.41) is 3.42. The monoisotopic (exact) mass is 166 g/mol. The fourth-order valence-electron chi connectivity index (χ4n) is 1.62. The van der Waals surface area contributed by atoms with Gasteiger partial charge in [-0.3, -0.25) is 0 Å². The van der Waals surface area contributed by atoms with Crippen LogP contribution >= 0.6 is 0 Å². The van der Waals surface area contributed by atoms with Crippen molar-refractivity contribution in [2.24, 2.45) is 0 Å². The lowest BCUT2D eigenvalue weighted by Crippen LogP contribution is -2.49. The van der Waals surface area contributed by atoms with E-state index in [1.54, 1.807) is 0 Å². The van der Waals surface area contributed by atoms with Crippen LogP contribution in [0.3, 0.4) is 0 Å². The zero-order valence-electron chi connectivity index (χ0n) is 7.84. The molecule has 1 rings (SSSR count). The van der Waals surface area contributed by atoms with Gasteiger partial charge >= 0.3 is 0 Å². The predicted molar refractivity (Wildman–Crippen MR) is 52.0 cm³/mol. The average Bonchev–Trinajstić information content (AvgIpc) is 2.05. The van der Waals surface area contributed by atoms with Gasteiger partial charge in [-0.2, -0.15) is 0 Å². The summed E-state index contributed by atoms with van der Waals surface area (Å²) in [5.74, 6) is 2.68. The molecule has 2 nitrogen and oxygen atoms in total. The van der Waals surface area contributed by atoms with Crippen LogP contribution in [0.2, 0.25) is 0 Å².